The third-order valence-electron chi connectivity index (χ3n) is 5.02. The van der Waals surface area contributed by atoms with Gasteiger partial charge in [0.1, 0.15) is 5.60 Å². The van der Waals surface area contributed by atoms with E-state index in [4.69, 9.17) is 9.47 Å². The Bertz CT molecular complexity index is 429. The Morgan fingerprint density at radius 1 is 1.00 bits per heavy atom. The zero-order chi connectivity index (χ0) is 17.2. The van der Waals surface area contributed by atoms with Gasteiger partial charge in [0, 0.05) is 12.1 Å². The molecule has 0 aromatic heterocycles. The standard InChI is InChI=1S/C18H31NO4/c1-12-6-8-14(9-7-12)19(17(21)23-18(2,3)4)15-10-13(11-15)16(20)22-5/h12-15H,6-11H2,1-5H3. The number of carbonyl (C=O) groups is 2. The highest BCUT2D eigenvalue weighted by Crippen LogP contribution is 2.38. The molecule has 0 aromatic rings. The predicted molar refractivity (Wildman–Crippen MR) is 88.0 cm³/mol. The molecule has 23 heavy (non-hydrogen) atoms. The van der Waals surface area contributed by atoms with Crippen LogP contribution in [0, 0.1) is 11.8 Å². The second kappa shape index (κ2) is 7.10. The van der Waals surface area contributed by atoms with Gasteiger partial charge in [0.05, 0.1) is 13.0 Å². The van der Waals surface area contributed by atoms with Crippen molar-refractivity contribution in [3.8, 4) is 0 Å². The zero-order valence-corrected chi connectivity index (χ0v) is 15.1. The summed E-state index contributed by atoms with van der Waals surface area (Å²) in [6.45, 7) is 7.95. The second-order valence-corrected chi connectivity index (χ2v) is 8.15. The Hall–Kier alpha value is -1.26. The average Bonchev–Trinajstić information content (AvgIpc) is 2.40. The molecule has 132 valence electrons. The highest BCUT2D eigenvalue weighted by Gasteiger charge is 2.44. The molecule has 2 rings (SSSR count). The summed E-state index contributed by atoms with van der Waals surface area (Å²) in [7, 11) is 1.42. The summed E-state index contributed by atoms with van der Waals surface area (Å²) in [5, 5.41) is 0. The van der Waals surface area contributed by atoms with Crippen molar-refractivity contribution >= 4 is 12.1 Å². The van der Waals surface area contributed by atoms with Crippen LogP contribution >= 0.6 is 0 Å². The number of hydrogen-bond donors (Lipinski definition) is 0. The molecule has 5 heteroatoms. The van der Waals surface area contributed by atoms with Crippen LogP contribution in [0.5, 0.6) is 0 Å². The van der Waals surface area contributed by atoms with E-state index in [-0.39, 0.29) is 30.1 Å². The van der Waals surface area contributed by atoms with Gasteiger partial charge in [-0.15, -0.1) is 0 Å². The first-order valence-electron chi connectivity index (χ1n) is 8.80. The molecule has 0 heterocycles. The maximum atomic E-state index is 12.7. The summed E-state index contributed by atoms with van der Waals surface area (Å²) in [5.74, 6) is 0.496. The van der Waals surface area contributed by atoms with Crippen molar-refractivity contribution in [2.45, 2.75) is 83.9 Å². The minimum atomic E-state index is -0.497. The van der Waals surface area contributed by atoms with E-state index in [0.29, 0.717) is 12.8 Å². The molecule has 5 nitrogen and oxygen atoms in total. The molecular weight excluding hydrogens is 294 g/mol. The lowest BCUT2D eigenvalue weighted by atomic mass is 9.77. The van der Waals surface area contributed by atoms with E-state index in [9.17, 15) is 9.59 Å². The van der Waals surface area contributed by atoms with E-state index in [1.165, 1.54) is 7.11 Å². The quantitative estimate of drug-likeness (QED) is 0.742. The van der Waals surface area contributed by atoms with E-state index >= 15 is 0 Å². The number of rotatable bonds is 3. The molecule has 2 fully saturated rings. The highest BCUT2D eigenvalue weighted by atomic mass is 16.6. The number of hydrogen-bond acceptors (Lipinski definition) is 4. The molecule has 0 spiro atoms. The lowest BCUT2D eigenvalue weighted by molar-refractivity contribution is -0.151. The first-order chi connectivity index (χ1) is 10.7. The SMILES string of the molecule is COC(=O)C1CC(N(C(=O)OC(C)(C)C)C2CCC(C)CC2)C1. The van der Waals surface area contributed by atoms with Gasteiger partial charge in [-0.05, 0) is 65.2 Å². The van der Waals surface area contributed by atoms with Crippen LogP contribution in [-0.2, 0) is 14.3 Å². The van der Waals surface area contributed by atoms with Crippen LogP contribution in [0.3, 0.4) is 0 Å². The van der Waals surface area contributed by atoms with Crippen molar-refractivity contribution in [2.75, 3.05) is 7.11 Å². The van der Waals surface area contributed by atoms with Crippen LogP contribution in [0.25, 0.3) is 0 Å². The molecule has 0 unspecified atom stereocenters. The van der Waals surface area contributed by atoms with E-state index in [1.54, 1.807) is 0 Å². The summed E-state index contributed by atoms with van der Waals surface area (Å²) in [4.78, 5) is 26.3. The monoisotopic (exact) mass is 325 g/mol. The minimum absolute atomic E-state index is 0.0718. The Balaban J connectivity index is 2.03. The fourth-order valence-electron chi connectivity index (χ4n) is 3.61. The summed E-state index contributed by atoms with van der Waals surface area (Å²) in [6.07, 6.45) is 5.51. The average molecular weight is 325 g/mol. The summed E-state index contributed by atoms with van der Waals surface area (Å²) >= 11 is 0. The Morgan fingerprint density at radius 3 is 2.04 bits per heavy atom. The van der Waals surface area contributed by atoms with Crippen LogP contribution in [-0.4, -0.2) is 41.8 Å². The van der Waals surface area contributed by atoms with Gasteiger partial charge in [-0.3, -0.25) is 4.79 Å². The first kappa shape index (κ1) is 18.1. The van der Waals surface area contributed by atoms with E-state index < -0.39 is 5.60 Å². The molecule has 0 aliphatic heterocycles. The van der Waals surface area contributed by atoms with Crippen molar-refractivity contribution in [1.82, 2.24) is 4.90 Å². The van der Waals surface area contributed by atoms with Gasteiger partial charge in [-0.1, -0.05) is 6.92 Å². The topological polar surface area (TPSA) is 55.8 Å². The number of ether oxygens (including phenoxy) is 2. The smallest absolute Gasteiger partial charge is 0.410 e. The molecule has 2 aliphatic rings. The van der Waals surface area contributed by atoms with E-state index in [2.05, 4.69) is 6.92 Å². The number of esters is 1. The second-order valence-electron chi connectivity index (χ2n) is 8.15. The summed E-state index contributed by atoms with van der Waals surface area (Å²) < 4.78 is 10.4. The summed E-state index contributed by atoms with van der Waals surface area (Å²) in [5.41, 5.74) is -0.497. The number of nitrogens with zero attached hydrogens (tertiary/aromatic N) is 1. The third kappa shape index (κ3) is 4.61. The Kier molecular flexibility index (Phi) is 5.58. The van der Waals surface area contributed by atoms with Gasteiger partial charge >= 0.3 is 12.1 Å². The molecule has 0 atom stereocenters. The van der Waals surface area contributed by atoms with Crippen molar-refractivity contribution in [3.05, 3.63) is 0 Å². The largest absolute Gasteiger partial charge is 0.469 e. The van der Waals surface area contributed by atoms with Crippen LogP contribution in [0.4, 0.5) is 4.79 Å². The molecule has 1 amide bonds. The molecule has 0 aromatic carbocycles. The van der Waals surface area contributed by atoms with Crippen LogP contribution in [0.1, 0.15) is 66.2 Å². The van der Waals surface area contributed by atoms with E-state index in [0.717, 1.165) is 31.6 Å². The van der Waals surface area contributed by atoms with Gasteiger partial charge in [0.25, 0.3) is 0 Å². The van der Waals surface area contributed by atoms with Crippen molar-refractivity contribution < 1.29 is 19.1 Å². The van der Waals surface area contributed by atoms with Gasteiger partial charge in [-0.25, -0.2) is 4.79 Å². The fourth-order valence-corrected chi connectivity index (χ4v) is 3.61. The van der Waals surface area contributed by atoms with E-state index in [1.807, 2.05) is 25.7 Å². The van der Waals surface area contributed by atoms with Gasteiger partial charge < -0.3 is 14.4 Å². The number of amides is 1. The molecule has 0 radical (unpaired) electrons. The van der Waals surface area contributed by atoms with Crippen LogP contribution in [0.15, 0.2) is 0 Å². The summed E-state index contributed by atoms with van der Waals surface area (Å²) in [6, 6.07) is 0.344. The van der Waals surface area contributed by atoms with Crippen LogP contribution < -0.4 is 0 Å². The van der Waals surface area contributed by atoms with Crippen molar-refractivity contribution in [1.29, 1.82) is 0 Å². The predicted octanol–water partition coefficient (Wildman–Crippen LogP) is 3.75. The van der Waals surface area contributed by atoms with Gasteiger partial charge in [-0.2, -0.15) is 0 Å². The lowest BCUT2D eigenvalue weighted by Crippen LogP contribution is -2.55. The van der Waals surface area contributed by atoms with Crippen molar-refractivity contribution in [2.24, 2.45) is 11.8 Å². The molecule has 2 saturated carbocycles. The highest BCUT2D eigenvalue weighted by molar-refractivity contribution is 5.75. The number of methoxy groups -OCH3 is 1. The Labute approximate surface area is 139 Å². The maximum Gasteiger partial charge on any atom is 0.410 e. The Morgan fingerprint density at radius 2 is 1.57 bits per heavy atom. The first-order valence-corrected chi connectivity index (χ1v) is 8.80. The molecule has 0 saturated heterocycles. The number of carbonyl (C=O) groups excluding carboxylic acids is 2. The lowest BCUT2D eigenvalue weighted by Gasteiger charge is -2.47. The molecule has 2 aliphatic carbocycles. The third-order valence-corrected chi connectivity index (χ3v) is 5.02. The normalized spacial score (nSPS) is 31.0. The minimum Gasteiger partial charge on any atom is -0.469 e. The molecule has 0 N–H and O–H groups in total. The van der Waals surface area contributed by atoms with Gasteiger partial charge in [0.2, 0.25) is 0 Å². The molecular formula is C18H31NO4. The zero-order valence-electron chi connectivity index (χ0n) is 15.1. The van der Waals surface area contributed by atoms with Crippen LogP contribution in [0.2, 0.25) is 0 Å². The fraction of sp³-hybridized carbons (Fsp3) is 0.889. The molecule has 0 bridgehead atoms. The van der Waals surface area contributed by atoms with Crippen molar-refractivity contribution in [3.63, 3.8) is 0 Å². The maximum absolute atomic E-state index is 12.7. The van der Waals surface area contributed by atoms with Gasteiger partial charge in [0.15, 0.2) is 0 Å².